The zero-order valence-electron chi connectivity index (χ0n) is 8.21. The lowest BCUT2D eigenvalue weighted by Gasteiger charge is -2.00. The largest absolute Gasteiger partial charge is 0.378 e. The molecule has 1 aromatic rings. The van der Waals surface area contributed by atoms with Crippen molar-refractivity contribution in [2.45, 2.75) is 0 Å². The third-order valence-electron chi connectivity index (χ3n) is 1.73. The number of rotatable bonds is 4. The number of nitrogens with one attached hydrogen (secondary N) is 1. The Morgan fingerprint density at radius 1 is 1.50 bits per heavy atom. The molecule has 5 heteroatoms. The maximum absolute atomic E-state index is 11.6. The zero-order valence-corrected chi connectivity index (χ0v) is 9.72. The van der Waals surface area contributed by atoms with Gasteiger partial charge in [0.2, 0.25) is 0 Å². The van der Waals surface area contributed by atoms with E-state index in [9.17, 15) is 4.79 Å². The summed E-state index contributed by atoms with van der Waals surface area (Å²) < 4.78 is 0. The highest BCUT2D eigenvalue weighted by Gasteiger charge is 2.07. The SMILES string of the molecule is N#CCN/C=C\C(=O)c1ccc(Cl)cc1Cl. The predicted molar refractivity (Wildman–Crippen MR) is 63.5 cm³/mol. The minimum atomic E-state index is -0.243. The highest BCUT2D eigenvalue weighted by Crippen LogP contribution is 2.21. The van der Waals surface area contributed by atoms with Crippen LogP contribution in [0, 0.1) is 11.3 Å². The van der Waals surface area contributed by atoms with Gasteiger partial charge in [0.05, 0.1) is 11.1 Å². The fraction of sp³-hybridized carbons (Fsp3) is 0.0909. The number of nitriles is 1. The number of allylic oxidation sites excluding steroid dienone is 1. The Balaban J connectivity index is 2.74. The predicted octanol–water partition coefficient (Wildman–Crippen LogP) is 2.80. The Hall–Kier alpha value is -1.50. The molecule has 0 heterocycles. The average Bonchev–Trinajstić information content (AvgIpc) is 2.24. The number of benzene rings is 1. The van der Waals surface area contributed by atoms with Crippen LogP contribution in [0.25, 0.3) is 0 Å². The Bertz CT molecular complexity index is 464. The van der Waals surface area contributed by atoms with Gasteiger partial charge in [0.15, 0.2) is 5.78 Å². The Morgan fingerprint density at radius 2 is 2.25 bits per heavy atom. The summed E-state index contributed by atoms with van der Waals surface area (Å²) in [7, 11) is 0. The van der Waals surface area contributed by atoms with Crippen LogP contribution in [-0.4, -0.2) is 12.3 Å². The molecule has 0 saturated heterocycles. The topological polar surface area (TPSA) is 52.9 Å². The molecule has 16 heavy (non-hydrogen) atoms. The van der Waals surface area contributed by atoms with Crippen molar-refractivity contribution in [3.05, 3.63) is 46.1 Å². The quantitative estimate of drug-likeness (QED) is 0.389. The van der Waals surface area contributed by atoms with Gasteiger partial charge >= 0.3 is 0 Å². The lowest BCUT2D eigenvalue weighted by Crippen LogP contribution is -2.05. The van der Waals surface area contributed by atoms with Gasteiger partial charge in [0, 0.05) is 22.9 Å². The summed E-state index contributed by atoms with van der Waals surface area (Å²) in [6.45, 7) is 0.151. The molecule has 1 aromatic carbocycles. The molecule has 0 aliphatic rings. The molecule has 82 valence electrons. The first-order valence-corrected chi connectivity index (χ1v) is 5.17. The molecule has 0 unspecified atom stereocenters. The van der Waals surface area contributed by atoms with E-state index < -0.39 is 0 Å². The van der Waals surface area contributed by atoms with E-state index in [1.165, 1.54) is 18.3 Å². The smallest absolute Gasteiger partial charge is 0.188 e. The monoisotopic (exact) mass is 254 g/mol. The molecule has 0 bridgehead atoms. The molecule has 0 fully saturated rings. The second-order valence-corrected chi connectivity index (χ2v) is 3.70. The molecule has 1 rings (SSSR count). The highest BCUT2D eigenvalue weighted by atomic mass is 35.5. The summed E-state index contributed by atoms with van der Waals surface area (Å²) in [5.74, 6) is -0.243. The first kappa shape index (κ1) is 12.6. The number of carbonyl (C=O) groups is 1. The molecule has 0 aliphatic carbocycles. The zero-order chi connectivity index (χ0) is 12.0. The standard InChI is InChI=1S/C11H8Cl2N2O/c12-8-1-2-9(10(13)7-8)11(16)3-5-15-6-4-14/h1-3,5,7,15H,6H2/b5-3-. The second kappa shape index (κ2) is 6.16. The van der Waals surface area contributed by atoms with Crippen LogP contribution in [0.1, 0.15) is 10.4 Å². The summed E-state index contributed by atoms with van der Waals surface area (Å²) in [4.78, 5) is 11.6. The fourth-order valence-corrected chi connectivity index (χ4v) is 1.52. The van der Waals surface area contributed by atoms with Crippen LogP contribution in [0.2, 0.25) is 10.0 Å². The lowest BCUT2D eigenvalue weighted by atomic mass is 10.1. The summed E-state index contributed by atoms with van der Waals surface area (Å²) >= 11 is 11.6. The summed E-state index contributed by atoms with van der Waals surface area (Å²) in [6.07, 6.45) is 2.73. The van der Waals surface area contributed by atoms with Crippen molar-refractivity contribution in [1.29, 1.82) is 5.26 Å². The minimum Gasteiger partial charge on any atom is -0.378 e. The summed E-state index contributed by atoms with van der Waals surface area (Å²) in [6, 6.07) is 6.54. The van der Waals surface area contributed by atoms with E-state index in [0.717, 1.165) is 0 Å². The minimum absolute atomic E-state index is 0.151. The number of carbonyl (C=O) groups excluding carboxylic acids is 1. The number of halogens is 2. The van der Waals surface area contributed by atoms with E-state index in [4.69, 9.17) is 28.5 Å². The van der Waals surface area contributed by atoms with Gasteiger partial charge in [-0.25, -0.2) is 0 Å². The maximum atomic E-state index is 11.6. The molecule has 0 aliphatic heterocycles. The Kier molecular flexibility index (Phi) is 4.84. The van der Waals surface area contributed by atoms with Crippen LogP contribution in [0.15, 0.2) is 30.5 Å². The molecule has 0 atom stereocenters. The molecule has 1 N–H and O–H groups in total. The normalized spacial score (nSPS) is 10.1. The van der Waals surface area contributed by atoms with E-state index in [0.29, 0.717) is 15.6 Å². The van der Waals surface area contributed by atoms with E-state index in [2.05, 4.69) is 5.32 Å². The molecule has 0 aromatic heterocycles. The van der Waals surface area contributed by atoms with Gasteiger partial charge in [-0.05, 0) is 18.2 Å². The van der Waals surface area contributed by atoms with E-state index in [1.807, 2.05) is 6.07 Å². The summed E-state index contributed by atoms with van der Waals surface area (Å²) in [5, 5.41) is 11.7. The van der Waals surface area contributed by atoms with Crippen molar-refractivity contribution < 1.29 is 4.79 Å². The van der Waals surface area contributed by atoms with E-state index in [-0.39, 0.29) is 12.3 Å². The molecular formula is C11H8Cl2N2O. The highest BCUT2D eigenvalue weighted by molar-refractivity contribution is 6.37. The number of ketones is 1. The van der Waals surface area contributed by atoms with Crippen LogP contribution in [0.3, 0.4) is 0 Å². The van der Waals surface area contributed by atoms with Crippen LogP contribution >= 0.6 is 23.2 Å². The van der Waals surface area contributed by atoms with Crippen molar-refractivity contribution in [2.24, 2.45) is 0 Å². The summed E-state index contributed by atoms with van der Waals surface area (Å²) in [5.41, 5.74) is 0.376. The van der Waals surface area contributed by atoms with Gasteiger partial charge in [0.25, 0.3) is 0 Å². The van der Waals surface area contributed by atoms with Crippen LogP contribution in [0.5, 0.6) is 0 Å². The van der Waals surface area contributed by atoms with Gasteiger partial charge < -0.3 is 5.32 Å². The molecule has 0 radical (unpaired) electrons. The Labute approximate surface area is 103 Å². The van der Waals surface area contributed by atoms with E-state index in [1.54, 1.807) is 12.1 Å². The second-order valence-electron chi connectivity index (χ2n) is 2.86. The average molecular weight is 255 g/mol. The van der Waals surface area contributed by atoms with Gasteiger partial charge in [-0.2, -0.15) is 5.26 Å². The first-order valence-electron chi connectivity index (χ1n) is 4.41. The van der Waals surface area contributed by atoms with Crippen molar-refractivity contribution in [2.75, 3.05) is 6.54 Å². The molecule has 0 saturated carbocycles. The third kappa shape index (κ3) is 3.58. The van der Waals surface area contributed by atoms with Crippen molar-refractivity contribution in [3.63, 3.8) is 0 Å². The van der Waals surface area contributed by atoms with Gasteiger partial charge in [-0.15, -0.1) is 0 Å². The van der Waals surface area contributed by atoms with Gasteiger partial charge in [0.1, 0.15) is 6.54 Å². The van der Waals surface area contributed by atoms with Crippen molar-refractivity contribution in [3.8, 4) is 6.07 Å². The van der Waals surface area contributed by atoms with Crippen molar-refractivity contribution >= 4 is 29.0 Å². The lowest BCUT2D eigenvalue weighted by molar-refractivity contribution is 0.104. The molecule has 0 amide bonds. The molecular weight excluding hydrogens is 247 g/mol. The van der Waals surface area contributed by atoms with Crippen LogP contribution in [-0.2, 0) is 0 Å². The third-order valence-corrected chi connectivity index (χ3v) is 2.28. The Morgan fingerprint density at radius 3 is 2.88 bits per heavy atom. The van der Waals surface area contributed by atoms with E-state index >= 15 is 0 Å². The number of hydrogen-bond donors (Lipinski definition) is 1. The fourth-order valence-electron chi connectivity index (χ4n) is 1.02. The molecule has 0 spiro atoms. The van der Waals surface area contributed by atoms with Crippen LogP contribution in [0.4, 0.5) is 0 Å². The van der Waals surface area contributed by atoms with Gasteiger partial charge in [-0.3, -0.25) is 4.79 Å². The number of nitrogens with zero attached hydrogens (tertiary/aromatic N) is 1. The van der Waals surface area contributed by atoms with Gasteiger partial charge in [-0.1, -0.05) is 23.2 Å². The molecule has 3 nitrogen and oxygen atoms in total. The van der Waals surface area contributed by atoms with Crippen LogP contribution < -0.4 is 5.32 Å². The van der Waals surface area contributed by atoms with Crippen molar-refractivity contribution in [1.82, 2.24) is 5.32 Å². The first-order chi connectivity index (χ1) is 7.65. The number of hydrogen-bond acceptors (Lipinski definition) is 3. The maximum Gasteiger partial charge on any atom is 0.188 e.